The number of rotatable bonds is 3. The molecule has 0 saturated carbocycles. The van der Waals surface area contributed by atoms with Crippen LogP contribution in [-0.4, -0.2) is 17.9 Å². The first-order valence-corrected chi connectivity index (χ1v) is 7.55. The van der Waals surface area contributed by atoms with E-state index in [1.807, 2.05) is 19.1 Å². The lowest BCUT2D eigenvalue weighted by Gasteiger charge is -2.26. The first-order valence-electron chi connectivity index (χ1n) is 6.38. The van der Waals surface area contributed by atoms with Gasteiger partial charge in [0.1, 0.15) is 5.82 Å². The summed E-state index contributed by atoms with van der Waals surface area (Å²) >= 11 is 8.99. The molecule has 1 amide bonds. The second kappa shape index (κ2) is 6.58. The molecule has 2 rings (SSSR count). The van der Waals surface area contributed by atoms with Gasteiger partial charge in [0.15, 0.2) is 0 Å². The third-order valence-electron chi connectivity index (χ3n) is 3.44. The second-order valence-corrected chi connectivity index (χ2v) is 5.97. The molecule has 21 heavy (non-hydrogen) atoms. The van der Waals surface area contributed by atoms with Gasteiger partial charge in [0.25, 0.3) is 5.91 Å². The van der Waals surface area contributed by atoms with Gasteiger partial charge in [-0.25, -0.2) is 4.39 Å². The Balaban J connectivity index is 2.26. The highest BCUT2D eigenvalue weighted by Crippen LogP contribution is 2.26. The van der Waals surface area contributed by atoms with E-state index in [1.54, 1.807) is 30.1 Å². The van der Waals surface area contributed by atoms with Gasteiger partial charge in [0, 0.05) is 12.1 Å². The number of hydrogen-bond donors (Lipinski definition) is 0. The van der Waals surface area contributed by atoms with Gasteiger partial charge in [0.05, 0.1) is 16.1 Å². The number of amides is 1. The molecule has 5 heteroatoms. The SMILES string of the molecule is CC(c1ccc(Cl)cc1)N(C)C(=O)c1cccc(F)c1Br. The third-order valence-corrected chi connectivity index (χ3v) is 4.49. The summed E-state index contributed by atoms with van der Waals surface area (Å²) in [7, 11) is 1.69. The van der Waals surface area contributed by atoms with Crippen LogP contribution in [0.25, 0.3) is 0 Å². The van der Waals surface area contributed by atoms with E-state index < -0.39 is 5.82 Å². The van der Waals surface area contributed by atoms with Crippen LogP contribution in [0.1, 0.15) is 28.9 Å². The summed E-state index contributed by atoms with van der Waals surface area (Å²) in [6.45, 7) is 1.91. The standard InChI is InChI=1S/C16H14BrClFNO/c1-10(11-6-8-12(18)9-7-11)20(2)16(21)13-4-3-5-14(19)15(13)17/h3-10H,1-2H3. The van der Waals surface area contributed by atoms with Crippen molar-refractivity contribution in [2.45, 2.75) is 13.0 Å². The Kier molecular flexibility index (Phi) is 5.01. The van der Waals surface area contributed by atoms with E-state index in [0.29, 0.717) is 10.6 Å². The molecule has 0 bridgehead atoms. The van der Waals surface area contributed by atoms with Crippen molar-refractivity contribution in [1.82, 2.24) is 4.90 Å². The molecule has 1 unspecified atom stereocenters. The van der Waals surface area contributed by atoms with Crippen molar-refractivity contribution in [3.63, 3.8) is 0 Å². The Hall–Kier alpha value is -1.39. The molecule has 2 nitrogen and oxygen atoms in total. The molecular formula is C16H14BrClFNO. The molecule has 0 aliphatic heterocycles. The minimum atomic E-state index is -0.451. The number of nitrogens with zero attached hydrogens (tertiary/aromatic N) is 1. The molecular weight excluding hydrogens is 357 g/mol. The van der Waals surface area contributed by atoms with E-state index in [4.69, 9.17) is 11.6 Å². The van der Waals surface area contributed by atoms with Gasteiger partial charge in [0.2, 0.25) is 0 Å². The summed E-state index contributed by atoms with van der Waals surface area (Å²) < 4.78 is 13.7. The van der Waals surface area contributed by atoms with Crippen LogP contribution in [0.4, 0.5) is 4.39 Å². The maximum Gasteiger partial charge on any atom is 0.255 e. The Morgan fingerprint density at radius 2 is 1.86 bits per heavy atom. The smallest absolute Gasteiger partial charge is 0.255 e. The van der Waals surface area contributed by atoms with E-state index in [-0.39, 0.29) is 16.4 Å². The fourth-order valence-electron chi connectivity index (χ4n) is 2.00. The molecule has 110 valence electrons. The zero-order valence-corrected chi connectivity index (χ0v) is 14.0. The number of benzene rings is 2. The van der Waals surface area contributed by atoms with Gasteiger partial charge in [-0.3, -0.25) is 4.79 Å². The Labute approximate surface area is 136 Å². The molecule has 0 heterocycles. The Morgan fingerprint density at radius 1 is 1.24 bits per heavy atom. The minimum Gasteiger partial charge on any atom is -0.335 e. The monoisotopic (exact) mass is 369 g/mol. The van der Waals surface area contributed by atoms with E-state index in [2.05, 4.69) is 15.9 Å². The highest BCUT2D eigenvalue weighted by atomic mass is 79.9. The largest absolute Gasteiger partial charge is 0.335 e. The van der Waals surface area contributed by atoms with Crippen LogP contribution in [0, 0.1) is 5.82 Å². The number of hydrogen-bond acceptors (Lipinski definition) is 1. The van der Waals surface area contributed by atoms with Gasteiger partial charge in [-0.05, 0) is 52.7 Å². The molecule has 0 aromatic heterocycles. The summed E-state index contributed by atoms with van der Waals surface area (Å²) in [4.78, 5) is 14.1. The first-order chi connectivity index (χ1) is 9.91. The highest BCUT2D eigenvalue weighted by Gasteiger charge is 2.21. The van der Waals surface area contributed by atoms with Gasteiger partial charge in [-0.1, -0.05) is 29.8 Å². The quantitative estimate of drug-likeness (QED) is 0.738. The van der Waals surface area contributed by atoms with E-state index in [9.17, 15) is 9.18 Å². The van der Waals surface area contributed by atoms with Crippen molar-refractivity contribution in [3.05, 3.63) is 68.9 Å². The molecule has 0 fully saturated rings. The summed E-state index contributed by atoms with van der Waals surface area (Å²) in [5, 5.41) is 0.646. The average molecular weight is 371 g/mol. The third kappa shape index (κ3) is 3.44. The fourth-order valence-corrected chi connectivity index (χ4v) is 2.56. The van der Waals surface area contributed by atoms with E-state index >= 15 is 0 Å². The van der Waals surface area contributed by atoms with Crippen LogP contribution in [0.15, 0.2) is 46.9 Å². The summed E-state index contributed by atoms with van der Waals surface area (Å²) in [5.41, 5.74) is 1.26. The molecule has 0 aliphatic rings. The van der Waals surface area contributed by atoms with Crippen LogP contribution in [0.2, 0.25) is 5.02 Å². The predicted molar refractivity (Wildman–Crippen MR) is 86.1 cm³/mol. The van der Waals surface area contributed by atoms with Crippen molar-refractivity contribution in [1.29, 1.82) is 0 Å². The minimum absolute atomic E-state index is 0.148. The van der Waals surface area contributed by atoms with Crippen molar-refractivity contribution in [2.24, 2.45) is 0 Å². The molecule has 0 radical (unpaired) electrons. The molecule has 2 aromatic carbocycles. The Bertz CT molecular complexity index is 660. The second-order valence-electron chi connectivity index (χ2n) is 4.74. The maximum atomic E-state index is 13.5. The molecule has 0 spiro atoms. The average Bonchev–Trinajstić information content (AvgIpc) is 2.48. The van der Waals surface area contributed by atoms with E-state index in [0.717, 1.165) is 5.56 Å². The summed E-state index contributed by atoms with van der Waals surface area (Å²) in [5.74, 6) is -0.697. The fraction of sp³-hybridized carbons (Fsp3) is 0.188. The van der Waals surface area contributed by atoms with Gasteiger partial charge >= 0.3 is 0 Å². The van der Waals surface area contributed by atoms with Crippen LogP contribution < -0.4 is 0 Å². The first kappa shape index (κ1) is 16.0. The van der Waals surface area contributed by atoms with Crippen molar-refractivity contribution >= 4 is 33.4 Å². The normalized spacial score (nSPS) is 12.0. The van der Waals surface area contributed by atoms with Crippen LogP contribution in [-0.2, 0) is 0 Å². The number of carbonyl (C=O) groups excluding carboxylic acids is 1. The Morgan fingerprint density at radius 3 is 2.48 bits per heavy atom. The van der Waals surface area contributed by atoms with Crippen molar-refractivity contribution in [2.75, 3.05) is 7.05 Å². The van der Waals surface area contributed by atoms with E-state index in [1.165, 1.54) is 12.1 Å². The number of carbonyl (C=O) groups is 1. The zero-order chi connectivity index (χ0) is 15.6. The lowest BCUT2D eigenvalue weighted by molar-refractivity contribution is 0.0741. The van der Waals surface area contributed by atoms with Crippen molar-refractivity contribution in [3.8, 4) is 0 Å². The lowest BCUT2D eigenvalue weighted by Crippen LogP contribution is -2.30. The van der Waals surface area contributed by atoms with Crippen LogP contribution >= 0.6 is 27.5 Å². The predicted octanol–water partition coefficient (Wildman–Crippen LogP) is 5.07. The summed E-state index contributed by atoms with van der Waals surface area (Å²) in [6, 6.07) is 11.6. The van der Waals surface area contributed by atoms with Gasteiger partial charge in [-0.15, -0.1) is 0 Å². The van der Waals surface area contributed by atoms with Gasteiger partial charge < -0.3 is 4.90 Å². The highest BCUT2D eigenvalue weighted by molar-refractivity contribution is 9.10. The van der Waals surface area contributed by atoms with Crippen molar-refractivity contribution < 1.29 is 9.18 Å². The van der Waals surface area contributed by atoms with Crippen LogP contribution in [0.3, 0.4) is 0 Å². The molecule has 0 aliphatic carbocycles. The zero-order valence-electron chi connectivity index (χ0n) is 11.6. The molecule has 2 aromatic rings. The lowest BCUT2D eigenvalue weighted by atomic mass is 10.1. The number of halogens is 3. The topological polar surface area (TPSA) is 20.3 Å². The van der Waals surface area contributed by atoms with Crippen LogP contribution in [0.5, 0.6) is 0 Å². The molecule has 0 N–H and O–H groups in total. The van der Waals surface area contributed by atoms with Gasteiger partial charge in [-0.2, -0.15) is 0 Å². The molecule has 1 atom stereocenters. The summed E-state index contributed by atoms with van der Waals surface area (Å²) in [6.07, 6.45) is 0. The molecule has 0 saturated heterocycles. The maximum absolute atomic E-state index is 13.5.